The Bertz CT molecular complexity index is 2100. The number of piperidine rings is 1. The first-order valence-corrected chi connectivity index (χ1v) is 25.0. The summed E-state index contributed by atoms with van der Waals surface area (Å²) in [5.41, 5.74) is 2.26. The van der Waals surface area contributed by atoms with Crippen LogP contribution in [-0.4, -0.2) is 89.8 Å². The fourth-order valence-electron chi connectivity index (χ4n) is 6.10. The molecule has 5 aromatic rings. The first-order valence-electron chi connectivity index (χ1n) is 15.8. The van der Waals surface area contributed by atoms with Crippen molar-refractivity contribution >= 4 is 86.8 Å². The zero-order chi connectivity index (χ0) is 34.0. The van der Waals surface area contributed by atoms with E-state index in [4.69, 9.17) is 21.3 Å². The van der Waals surface area contributed by atoms with Crippen molar-refractivity contribution in [3.63, 3.8) is 0 Å². The summed E-state index contributed by atoms with van der Waals surface area (Å²) in [6.45, 7) is 1.68. The topological polar surface area (TPSA) is 118 Å². The van der Waals surface area contributed by atoms with Gasteiger partial charge in [-0.3, -0.25) is 0 Å². The van der Waals surface area contributed by atoms with Crippen LogP contribution >= 0.6 is 31.6 Å². The molecule has 0 spiro atoms. The molecule has 2 aromatic heterocycles. The molecule has 4 heterocycles. The molecule has 1 atom stereocenters. The van der Waals surface area contributed by atoms with Gasteiger partial charge in [-0.2, -0.15) is 0 Å². The van der Waals surface area contributed by atoms with Crippen molar-refractivity contribution in [2.24, 2.45) is 0 Å². The maximum absolute atomic E-state index is 13.7. The summed E-state index contributed by atoms with van der Waals surface area (Å²) >= 11 is 5.46. The van der Waals surface area contributed by atoms with Gasteiger partial charge in [-0.25, -0.2) is 12.4 Å². The molecule has 2 fully saturated rings. The maximum atomic E-state index is 13.7. The number of likely N-dealkylation sites (tertiary alicyclic amines) is 1. The van der Waals surface area contributed by atoms with Crippen molar-refractivity contribution in [1.82, 2.24) is 18.8 Å². The molecule has 2 aliphatic rings. The number of benzene rings is 3. The zero-order valence-electron chi connectivity index (χ0n) is 26.6. The number of nitrogens with zero attached hydrogens (tertiary/aromatic N) is 4. The van der Waals surface area contributed by atoms with Crippen LogP contribution in [0.15, 0.2) is 90.1 Å². The number of amides is 1. The monoisotopic (exact) mass is 796 g/mol. The van der Waals surface area contributed by atoms with Crippen molar-refractivity contribution < 1.29 is 17.9 Å². The van der Waals surface area contributed by atoms with E-state index >= 15 is 0 Å². The quantitative estimate of drug-likeness (QED) is 0.171. The summed E-state index contributed by atoms with van der Waals surface area (Å²) in [5.74, 6) is 3.34. The van der Waals surface area contributed by atoms with E-state index < -0.39 is 22.4 Å². The van der Waals surface area contributed by atoms with Gasteiger partial charge in [0.15, 0.2) is 0 Å². The number of ether oxygens (including phenoxy) is 1. The van der Waals surface area contributed by atoms with Crippen LogP contribution in [0.1, 0.15) is 12.8 Å². The minimum absolute atomic E-state index is 0.00374. The number of para-hydroxylation sites is 1. The fourth-order valence-corrected chi connectivity index (χ4v) is 21.8. The molecule has 3 aromatic carbocycles. The van der Waals surface area contributed by atoms with E-state index in [1.54, 1.807) is 55.8 Å². The number of anilines is 2. The van der Waals surface area contributed by atoms with Gasteiger partial charge >= 0.3 is 170 Å². The summed E-state index contributed by atoms with van der Waals surface area (Å²) in [4.78, 5) is 24.8. The second-order valence-corrected chi connectivity index (χ2v) is 25.6. The molecule has 0 aliphatic carbocycles. The summed E-state index contributed by atoms with van der Waals surface area (Å²) in [6.07, 6.45) is 4.89. The molecule has 2 N–H and O–H groups in total. The van der Waals surface area contributed by atoms with E-state index in [0.29, 0.717) is 45.4 Å². The molecule has 2 aliphatic heterocycles. The number of rotatable bonds is 10. The van der Waals surface area contributed by atoms with Gasteiger partial charge in [0.1, 0.15) is 0 Å². The Labute approximate surface area is 301 Å². The number of aromatic nitrogens is 3. The van der Waals surface area contributed by atoms with Gasteiger partial charge in [-0.1, -0.05) is 48.0 Å². The number of fused-ring (bicyclic) bond motifs is 1. The Morgan fingerprint density at radius 1 is 1.08 bits per heavy atom. The molecule has 0 saturated carbocycles. The number of methoxy groups -OCH3 is 1. The normalized spacial score (nSPS) is 17.3. The van der Waals surface area contributed by atoms with E-state index in [1.165, 1.54) is 26.0 Å². The van der Waals surface area contributed by atoms with Crippen LogP contribution in [0.25, 0.3) is 22.2 Å². The Hall–Kier alpha value is -3.19. The average molecular weight is 797 g/mol. The summed E-state index contributed by atoms with van der Waals surface area (Å²) in [5, 5.41) is 7.55. The summed E-state index contributed by atoms with van der Waals surface area (Å²) in [7, 11) is 1.88. The van der Waals surface area contributed by atoms with Crippen LogP contribution in [0.4, 0.5) is 11.6 Å². The zero-order valence-corrected chi connectivity index (χ0v) is 31.7. The van der Waals surface area contributed by atoms with Gasteiger partial charge in [0.2, 0.25) is 0 Å². The third-order valence-corrected chi connectivity index (χ3v) is 24.0. The van der Waals surface area contributed by atoms with Crippen LogP contribution in [0.5, 0.6) is 5.75 Å². The van der Waals surface area contributed by atoms with Crippen LogP contribution < -0.4 is 19.7 Å². The Morgan fingerprint density at radius 3 is 2.65 bits per heavy atom. The van der Waals surface area contributed by atoms with Crippen molar-refractivity contribution in [2.75, 3.05) is 48.9 Å². The van der Waals surface area contributed by atoms with Crippen LogP contribution in [-0.2, 0) is 14.8 Å². The molecule has 254 valence electrons. The van der Waals surface area contributed by atoms with Crippen molar-refractivity contribution in [3.05, 3.63) is 90.2 Å². The number of hydrogen-bond donors (Lipinski definition) is 2. The SMILES string of the molecule is COc1ccc([As]2SCCS2)cc1NC(=O)CN1CCCC(Nc2ncc(Cl)c(-c3cn(S(=O)(=O)c4ccccc4)c4ccccc34)n2)C1. The standard InChI is InChI=1S/C34H34AsClN6O4S3/c1-46-31-14-13-23(35-47-16-17-48-35)18-29(31)39-32(43)22-41-15-7-8-24(20-41)38-34-37-19-28(36)33(40-34)27-21-42(30-12-6-5-11-26(27)30)49(44,45)25-9-3-2-4-10-25/h2-6,9-14,18-19,21,24H,7-8,15-17,20,22H2,1H3,(H,39,43)(H,37,38,40). The van der Waals surface area contributed by atoms with Crippen LogP contribution in [0.2, 0.25) is 5.02 Å². The van der Waals surface area contributed by atoms with Gasteiger partial charge in [0.25, 0.3) is 10.0 Å². The average Bonchev–Trinajstić information content (AvgIpc) is 3.79. The number of halogens is 1. The second kappa shape index (κ2) is 15.0. The first kappa shape index (κ1) is 34.3. The van der Waals surface area contributed by atoms with E-state index in [0.717, 1.165) is 25.1 Å². The fraction of sp³-hybridized carbons (Fsp3) is 0.265. The Balaban J connectivity index is 1.07. The molecule has 1 unspecified atom stereocenters. The van der Waals surface area contributed by atoms with Crippen molar-refractivity contribution in [1.29, 1.82) is 0 Å². The predicted octanol–water partition coefficient (Wildman–Crippen LogP) is 5.69. The molecule has 0 bridgehead atoms. The van der Waals surface area contributed by atoms with Gasteiger partial charge in [0, 0.05) is 17.1 Å². The third-order valence-electron chi connectivity index (χ3n) is 8.35. The predicted molar refractivity (Wildman–Crippen MR) is 202 cm³/mol. The number of carbonyl (C=O) groups excluding carboxylic acids is 1. The molecule has 7 rings (SSSR count). The molecule has 1 amide bonds. The van der Waals surface area contributed by atoms with Gasteiger partial charge in [-0.15, -0.1) is 0 Å². The molecular formula is C34H34AsClN6O4S3. The van der Waals surface area contributed by atoms with E-state index in [2.05, 4.69) is 52.7 Å². The minimum atomic E-state index is -3.88. The summed E-state index contributed by atoms with van der Waals surface area (Å²) in [6, 6.07) is 21.8. The van der Waals surface area contributed by atoms with Gasteiger partial charge in [0.05, 0.1) is 27.3 Å². The molecule has 2 saturated heterocycles. The molecule has 0 radical (unpaired) electrons. The van der Waals surface area contributed by atoms with Crippen LogP contribution in [0.3, 0.4) is 0 Å². The number of hydrogen-bond acceptors (Lipinski definition) is 10. The Kier molecular flexibility index (Phi) is 10.5. The third kappa shape index (κ3) is 7.48. The van der Waals surface area contributed by atoms with Gasteiger partial charge < -0.3 is 0 Å². The molecule has 15 heteroatoms. The van der Waals surface area contributed by atoms with Crippen molar-refractivity contribution in [3.8, 4) is 17.0 Å². The summed E-state index contributed by atoms with van der Waals surface area (Å²) < 4.78 is 35.5. The van der Waals surface area contributed by atoms with E-state index in [9.17, 15) is 13.2 Å². The number of carbonyl (C=O) groups is 1. The molecule has 49 heavy (non-hydrogen) atoms. The Morgan fingerprint density at radius 2 is 1.86 bits per heavy atom. The van der Waals surface area contributed by atoms with E-state index in [-0.39, 0.29) is 23.4 Å². The van der Waals surface area contributed by atoms with E-state index in [1.807, 2.05) is 18.2 Å². The molecule has 10 nitrogen and oxygen atoms in total. The number of nitrogens with one attached hydrogen (secondary N) is 2. The molecular weight excluding hydrogens is 763 g/mol. The first-order chi connectivity index (χ1) is 23.8. The van der Waals surface area contributed by atoms with Gasteiger partial charge in [-0.05, 0) is 18.2 Å². The second-order valence-electron chi connectivity index (χ2n) is 11.6. The van der Waals surface area contributed by atoms with Crippen LogP contribution in [0, 0.1) is 0 Å². The van der Waals surface area contributed by atoms with Crippen molar-refractivity contribution in [2.45, 2.75) is 23.8 Å².